The zero-order valence-electron chi connectivity index (χ0n) is 17.7. The van der Waals surface area contributed by atoms with Crippen LogP contribution < -0.4 is 39.6 Å². The average Bonchev–Trinajstić information content (AvgIpc) is 2.82. The fraction of sp³-hybridized carbons (Fsp3) is 0.217. The quantitative estimate of drug-likeness (QED) is 0.513. The molecular formula is C23H25O6P. The third-order valence-corrected chi connectivity index (χ3v) is 7.79. The molecule has 0 aromatic heterocycles. The minimum absolute atomic E-state index is 0.544. The number of ether oxygens (including phenoxy) is 5. The highest BCUT2D eigenvalue weighted by Crippen LogP contribution is 2.46. The Labute approximate surface area is 176 Å². The van der Waals surface area contributed by atoms with Crippen molar-refractivity contribution in [2.75, 3.05) is 35.5 Å². The summed E-state index contributed by atoms with van der Waals surface area (Å²) in [6.07, 6.45) is 0. The number of methoxy groups -OCH3 is 5. The van der Waals surface area contributed by atoms with Gasteiger partial charge in [0.05, 0.1) is 35.5 Å². The molecule has 0 radical (unpaired) electrons. The molecule has 0 atom stereocenters. The molecule has 0 fully saturated rings. The van der Waals surface area contributed by atoms with Crippen molar-refractivity contribution in [3.8, 4) is 28.7 Å². The molecule has 6 nitrogen and oxygen atoms in total. The maximum absolute atomic E-state index is 14.9. The first-order valence-corrected chi connectivity index (χ1v) is 10.9. The maximum atomic E-state index is 14.9. The minimum atomic E-state index is -3.38. The number of hydrogen-bond donors (Lipinski definition) is 0. The van der Waals surface area contributed by atoms with E-state index < -0.39 is 7.14 Å². The molecule has 3 aromatic rings. The Morgan fingerprint density at radius 2 is 0.867 bits per heavy atom. The van der Waals surface area contributed by atoms with Crippen molar-refractivity contribution in [1.82, 2.24) is 0 Å². The van der Waals surface area contributed by atoms with E-state index in [1.54, 1.807) is 78.0 Å². The highest BCUT2D eigenvalue weighted by molar-refractivity contribution is 7.85. The van der Waals surface area contributed by atoms with Crippen LogP contribution in [0.2, 0.25) is 0 Å². The molecule has 3 aromatic carbocycles. The predicted molar refractivity (Wildman–Crippen MR) is 119 cm³/mol. The van der Waals surface area contributed by atoms with Crippen molar-refractivity contribution in [3.05, 3.63) is 60.7 Å². The molecule has 0 heterocycles. The summed E-state index contributed by atoms with van der Waals surface area (Å²) in [6.45, 7) is 0. The van der Waals surface area contributed by atoms with E-state index in [-0.39, 0.29) is 0 Å². The van der Waals surface area contributed by atoms with Gasteiger partial charge in [0.2, 0.25) is 0 Å². The molecule has 0 unspecified atom stereocenters. The van der Waals surface area contributed by atoms with Crippen LogP contribution in [-0.2, 0) is 4.57 Å². The zero-order chi connectivity index (χ0) is 21.7. The Hall–Kier alpha value is -3.11. The second-order valence-corrected chi connectivity index (χ2v) is 9.22. The van der Waals surface area contributed by atoms with Gasteiger partial charge in [-0.15, -0.1) is 0 Å². The van der Waals surface area contributed by atoms with E-state index in [9.17, 15) is 4.57 Å². The van der Waals surface area contributed by atoms with Gasteiger partial charge in [0.1, 0.15) is 28.7 Å². The van der Waals surface area contributed by atoms with Crippen LogP contribution in [0.3, 0.4) is 0 Å². The summed E-state index contributed by atoms with van der Waals surface area (Å²) >= 11 is 0. The van der Waals surface area contributed by atoms with E-state index in [2.05, 4.69) is 0 Å². The molecule has 0 amide bonds. The van der Waals surface area contributed by atoms with Gasteiger partial charge in [-0.2, -0.15) is 0 Å². The van der Waals surface area contributed by atoms with Gasteiger partial charge in [0, 0.05) is 28.0 Å². The van der Waals surface area contributed by atoms with E-state index in [0.29, 0.717) is 44.7 Å². The molecule has 0 aliphatic heterocycles. The Morgan fingerprint density at radius 1 is 0.500 bits per heavy atom. The summed E-state index contributed by atoms with van der Waals surface area (Å²) in [5.41, 5.74) is 0. The molecule has 0 bridgehead atoms. The first kappa shape index (κ1) is 21.6. The second kappa shape index (κ2) is 9.14. The lowest BCUT2D eigenvalue weighted by molar-refractivity contribution is 0.395. The van der Waals surface area contributed by atoms with Gasteiger partial charge in [-0.3, -0.25) is 0 Å². The third kappa shape index (κ3) is 4.10. The van der Waals surface area contributed by atoms with E-state index in [0.717, 1.165) is 0 Å². The van der Waals surface area contributed by atoms with Crippen LogP contribution in [0.1, 0.15) is 0 Å². The average molecular weight is 428 g/mol. The van der Waals surface area contributed by atoms with E-state index >= 15 is 0 Å². The maximum Gasteiger partial charge on any atom is 0.171 e. The molecule has 0 aliphatic rings. The van der Waals surface area contributed by atoms with Gasteiger partial charge >= 0.3 is 0 Å². The first-order valence-electron chi connectivity index (χ1n) is 9.20. The molecule has 3 rings (SSSR count). The van der Waals surface area contributed by atoms with Crippen molar-refractivity contribution in [1.29, 1.82) is 0 Å². The molecule has 0 saturated carbocycles. The minimum Gasteiger partial charge on any atom is -0.497 e. The molecule has 0 saturated heterocycles. The summed E-state index contributed by atoms with van der Waals surface area (Å²) in [6, 6.07) is 17.7. The van der Waals surface area contributed by atoms with E-state index in [1.165, 1.54) is 0 Å². The van der Waals surface area contributed by atoms with E-state index in [4.69, 9.17) is 23.7 Å². The summed E-state index contributed by atoms with van der Waals surface area (Å²) in [5.74, 6) is 2.78. The number of benzene rings is 3. The normalized spacial score (nSPS) is 11.0. The van der Waals surface area contributed by atoms with Crippen LogP contribution in [0.4, 0.5) is 0 Å². The SMILES string of the molecule is COc1cccc(P(=O)(c2cc(OC)cc(OC)c2)c2cc(OC)cc(OC)c2)c1. The highest BCUT2D eigenvalue weighted by atomic mass is 31.2. The van der Waals surface area contributed by atoms with Crippen molar-refractivity contribution >= 4 is 23.1 Å². The number of hydrogen-bond acceptors (Lipinski definition) is 6. The first-order chi connectivity index (χ1) is 14.5. The summed E-state index contributed by atoms with van der Waals surface area (Å²) in [5, 5.41) is 1.72. The van der Waals surface area contributed by atoms with Gasteiger partial charge in [-0.05, 0) is 36.4 Å². The van der Waals surface area contributed by atoms with Gasteiger partial charge in [-0.1, -0.05) is 12.1 Å². The number of rotatable bonds is 8. The zero-order valence-corrected chi connectivity index (χ0v) is 18.6. The van der Waals surface area contributed by atoms with Crippen LogP contribution in [0.15, 0.2) is 60.7 Å². The molecule has 7 heteroatoms. The summed E-state index contributed by atoms with van der Waals surface area (Å²) in [7, 11) is 4.44. The Balaban J connectivity index is 2.37. The molecular weight excluding hydrogens is 403 g/mol. The predicted octanol–water partition coefficient (Wildman–Crippen LogP) is 3.37. The third-order valence-electron chi connectivity index (χ3n) is 4.82. The molecule has 0 N–H and O–H groups in total. The lowest BCUT2D eigenvalue weighted by Gasteiger charge is -2.22. The molecule has 30 heavy (non-hydrogen) atoms. The van der Waals surface area contributed by atoms with Gasteiger partial charge in [0.15, 0.2) is 7.14 Å². The fourth-order valence-corrected chi connectivity index (χ4v) is 5.94. The monoisotopic (exact) mass is 428 g/mol. The Kier molecular flexibility index (Phi) is 6.58. The molecule has 0 spiro atoms. The largest absolute Gasteiger partial charge is 0.497 e. The standard InChI is InChI=1S/C23H25O6P/c1-25-16-7-6-8-21(11-16)30(24,22-12-17(26-2)9-18(13-22)27-3)23-14-19(28-4)10-20(15-23)29-5/h6-15H,1-5H3. The van der Waals surface area contributed by atoms with Crippen molar-refractivity contribution in [3.63, 3.8) is 0 Å². The lowest BCUT2D eigenvalue weighted by Crippen LogP contribution is -2.25. The highest BCUT2D eigenvalue weighted by Gasteiger charge is 2.32. The Morgan fingerprint density at radius 3 is 1.23 bits per heavy atom. The van der Waals surface area contributed by atoms with Gasteiger partial charge in [-0.25, -0.2) is 0 Å². The van der Waals surface area contributed by atoms with Crippen molar-refractivity contribution < 1.29 is 28.2 Å². The summed E-state index contributed by atoms with van der Waals surface area (Å²) < 4.78 is 42.0. The van der Waals surface area contributed by atoms with Crippen LogP contribution in [-0.4, -0.2) is 35.5 Å². The van der Waals surface area contributed by atoms with Gasteiger partial charge in [0.25, 0.3) is 0 Å². The Bertz CT molecular complexity index is 975. The molecule has 158 valence electrons. The summed E-state index contributed by atoms with van der Waals surface area (Å²) in [4.78, 5) is 0. The fourth-order valence-electron chi connectivity index (χ4n) is 3.20. The smallest absolute Gasteiger partial charge is 0.171 e. The second-order valence-electron chi connectivity index (χ2n) is 6.45. The van der Waals surface area contributed by atoms with Crippen LogP contribution >= 0.6 is 7.14 Å². The van der Waals surface area contributed by atoms with Crippen molar-refractivity contribution in [2.24, 2.45) is 0 Å². The van der Waals surface area contributed by atoms with Crippen LogP contribution in [0.25, 0.3) is 0 Å². The van der Waals surface area contributed by atoms with Crippen LogP contribution in [0, 0.1) is 0 Å². The topological polar surface area (TPSA) is 63.2 Å². The molecule has 0 aliphatic carbocycles. The van der Waals surface area contributed by atoms with Crippen molar-refractivity contribution in [2.45, 2.75) is 0 Å². The van der Waals surface area contributed by atoms with Crippen LogP contribution in [0.5, 0.6) is 28.7 Å². The lowest BCUT2D eigenvalue weighted by atomic mass is 10.3. The van der Waals surface area contributed by atoms with E-state index in [1.807, 2.05) is 18.2 Å². The van der Waals surface area contributed by atoms with Gasteiger partial charge < -0.3 is 28.2 Å².